The summed E-state index contributed by atoms with van der Waals surface area (Å²) in [5, 5.41) is 2.42. The van der Waals surface area contributed by atoms with Gasteiger partial charge in [-0.2, -0.15) is 0 Å². The van der Waals surface area contributed by atoms with E-state index in [1.165, 1.54) is 18.5 Å². The monoisotopic (exact) mass is 290 g/mol. The minimum Gasteiger partial charge on any atom is -0.313 e. The van der Waals surface area contributed by atoms with Gasteiger partial charge in [0.05, 0.1) is 17.2 Å². The Morgan fingerprint density at radius 2 is 1.64 bits per heavy atom. The molecule has 4 aromatic rings. The van der Waals surface area contributed by atoms with Crippen LogP contribution in [0.3, 0.4) is 0 Å². The average Bonchev–Trinajstić information content (AvgIpc) is 2.55. The Bertz CT molecular complexity index is 1050. The van der Waals surface area contributed by atoms with Crippen LogP contribution in [-0.4, -0.2) is 9.97 Å². The summed E-state index contributed by atoms with van der Waals surface area (Å²) in [5.41, 5.74) is 2.24. The van der Waals surface area contributed by atoms with E-state index in [0.29, 0.717) is 10.9 Å². The third-order valence-corrected chi connectivity index (χ3v) is 3.81. The van der Waals surface area contributed by atoms with Gasteiger partial charge in [0.25, 0.3) is 5.56 Å². The van der Waals surface area contributed by atoms with Crippen molar-refractivity contribution in [3.63, 3.8) is 0 Å². The molecule has 106 valence electrons. The van der Waals surface area contributed by atoms with Crippen LogP contribution < -0.4 is 5.56 Å². The van der Waals surface area contributed by atoms with Crippen LogP contribution in [-0.2, 0) is 0 Å². The normalized spacial score (nSPS) is 11.1. The highest BCUT2D eigenvalue weighted by atomic mass is 19.1. The fraction of sp³-hybridized carbons (Fsp3) is 0. The smallest absolute Gasteiger partial charge is 0.258 e. The largest absolute Gasteiger partial charge is 0.313 e. The fourth-order valence-electron chi connectivity index (χ4n) is 2.77. The zero-order chi connectivity index (χ0) is 15.1. The molecule has 4 heteroatoms. The van der Waals surface area contributed by atoms with Gasteiger partial charge in [-0.25, -0.2) is 9.37 Å². The third-order valence-electron chi connectivity index (χ3n) is 3.81. The van der Waals surface area contributed by atoms with Crippen molar-refractivity contribution in [1.29, 1.82) is 0 Å². The number of rotatable bonds is 1. The summed E-state index contributed by atoms with van der Waals surface area (Å²) in [7, 11) is 0. The Morgan fingerprint density at radius 1 is 0.909 bits per heavy atom. The number of H-pyrrole nitrogens is 1. The first kappa shape index (κ1) is 12.7. The van der Waals surface area contributed by atoms with Crippen molar-refractivity contribution in [2.24, 2.45) is 0 Å². The lowest BCUT2D eigenvalue weighted by Crippen LogP contribution is -2.06. The Labute approximate surface area is 125 Å². The van der Waals surface area contributed by atoms with E-state index in [1.54, 1.807) is 12.1 Å². The molecule has 0 saturated carbocycles. The number of hydrogen-bond acceptors (Lipinski definition) is 2. The zero-order valence-corrected chi connectivity index (χ0v) is 11.5. The molecule has 3 nitrogen and oxygen atoms in total. The highest BCUT2D eigenvalue weighted by Crippen LogP contribution is 2.32. The summed E-state index contributed by atoms with van der Waals surface area (Å²) >= 11 is 0. The maximum Gasteiger partial charge on any atom is 0.258 e. The summed E-state index contributed by atoms with van der Waals surface area (Å²) in [4.78, 5) is 19.0. The second-order valence-electron chi connectivity index (χ2n) is 5.10. The van der Waals surface area contributed by atoms with Crippen molar-refractivity contribution in [2.45, 2.75) is 0 Å². The van der Waals surface area contributed by atoms with Gasteiger partial charge in [-0.3, -0.25) is 4.79 Å². The summed E-state index contributed by atoms with van der Waals surface area (Å²) in [6.45, 7) is 0. The Morgan fingerprint density at radius 3 is 2.41 bits per heavy atom. The molecule has 0 fully saturated rings. The molecule has 0 unspecified atom stereocenters. The van der Waals surface area contributed by atoms with Crippen molar-refractivity contribution >= 4 is 21.7 Å². The van der Waals surface area contributed by atoms with Gasteiger partial charge in [0.2, 0.25) is 0 Å². The van der Waals surface area contributed by atoms with Crippen LogP contribution in [0.15, 0.2) is 65.7 Å². The van der Waals surface area contributed by atoms with Crippen LogP contribution in [0.2, 0.25) is 0 Å². The maximum absolute atomic E-state index is 13.2. The molecule has 0 spiro atoms. The molecule has 0 bridgehead atoms. The lowest BCUT2D eigenvalue weighted by molar-refractivity contribution is 0.628. The Balaban J connectivity index is 2.19. The standard InChI is InChI=1S/C18H11FN2O/c19-12-7-5-11(6-8-12)15-9-16-17(20-10-21-18(16)22)14-4-2-1-3-13(14)15/h1-10H,(H,20,21,22). The molecule has 1 heterocycles. The molecule has 4 rings (SSSR count). The molecule has 22 heavy (non-hydrogen) atoms. The highest BCUT2D eigenvalue weighted by molar-refractivity contribution is 6.11. The molecular formula is C18H11FN2O. The van der Waals surface area contributed by atoms with Gasteiger partial charge in [-0.1, -0.05) is 36.4 Å². The molecule has 1 N–H and O–H groups in total. The first-order valence-corrected chi connectivity index (χ1v) is 6.89. The number of benzene rings is 3. The van der Waals surface area contributed by atoms with Gasteiger partial charge in [-0.05, 0) is 34.7 Å². The number of aromatic amines is 1. The second kappa shape index (κ2) is 4.77. The predicted molar refractivity (Wildman–Crippen MR) is 85.3 cm³/mol. The number of halogens is 1. The van der Waals surface area contributed by atoms with Gasteiger partial charge in [0, 0.05) is 5.39 Å². The predicted octanol–water partition coefficient (Wildman–Crippen LogP) is 3.88. The fourth-order valence-corrected chi connectivity index (χ4v) is 2.77. The first-order chi connectivity index (χ1) is 10.7. The molecule has 3 aromatic carbocycles. The van der Waals surface area contributed by atoms with E-state index in [0.717, 1.165) is 21.9 Å². The minimum atomic E-state index is -0.284. The number of hydrogen-bond donors (Lipinski definition) is 1. The molecule has 0 aliphatic carbocycles. The van der Waals surface area contributed by atoms with Crippen molar-refractivity contribution in [2.75, 3.05) is 0 Å². The van der Waals surface area contributed by atoms with E-state index in [-0.39, 0.29) is 11.4 Å². The molecule has 0 atom stereocenters. The molecule has 0 radical (unpaired) electrons. The Hall–Kier alpha value is -3.01. The van der Waals surface area contributed by atoms with Crippen molar-refractivity contribution in [3.8, 4) is 11.1 Å². The molecule has 0 aliphatic heterocycles. The second-order valence-corrected chi connectivity index (χ2v) is 5.10. The first-order valence-electron chi connectivity index (χ1n) is 6.89. The molecule has 1 aromatic heterocycles. The summed E-state index contributed by atoms with van der Waals surface area (Å²) < 4.78 is 13.2. The molecule has 0 aliphatic rings. The molecule has 0 amide bonds. The van der Waals surface area contributed by atoms with Crippen molar-refractivity contribution in [1.82, 2.24) is 9.97 Å². The lowest BCUT2D eigenvalue weighted by atomic mass is 9.96. The van der Waals surface area contributed by atoms with Crippen molar-refractivity contribution < 1.29 is 4.39 Å². The van der Waals surface area contributed by atoms with Crippen LogP contribution in [0.5, 0.6) is 0 Å². The number of nitrogens with zero attached hydrogens (tertiary/aromatic N) is 1. The molecule has 0 saturated heterocycles. The van der Waals surface area contributed by atoms with E-state index in [9.17, 15) is 9.18 Å². The van der Waals surface area contributed by atoms with Gasteiger partial charge in [-0.15, -0.1) is 0 Å². The molecular weight excluding hydrogens is 279 g/mol. The minimum absolute atomic E-state index is 0.181. The summed E-state index contributed by atoms with van der Waals surface area (Å²) in [6.07, 6.45) is 1.41. The quantitative estimate of drug-likeness (QED) is 0.541. The summed E-state index contributed by atoms with van der Waals surface area (Å²) in [6, 6.07) is 15.9. The van der Waals surface area contributed by atoms with Crippen LogP contribution in [0.1, 0.15) is 0 Å². The van der Waals surface area contributed by atoms with E-state index in [4.69, 9.17) is 0 Å². The van der Waals surface area contributed by atoms with Gasteiger partial charge < -0.3 is 4.98 Å². The van der Waals surface area contributed by atoms with E-state index >= 15 is 0 Å². The van der Waals surface area contributed by atoms with Gasteiger partial charge in [0.1, 0.15) is 5.82 Å². The topological polar surface area (TPSA) is 45.8 Å². The van der Waals surface area contributed by atoms with E-state index in [1.807, 2.05) is 30.3 Å². The van der Waals surface area contributed by atoms with Crippen LogP contribution in [0, 0.1) is 5.82 Å². The number of nitrogens with one attached hydrogen (secondary N) is 1. The SMILES string of the molecule is O=c1[nH]cnc2c1cc(-c1ccc(F)cc1)c1ccccc12. The highest BCUT2D eigenvalue weighted by Gasteiger charge is 2.11. The number of fused-ring (bicyclic) bond motifs is 3. The Kier molecular flexibility index (Phi) is 2.76. The van der Waals surface area contributed by atoms with Crippen molar-refractivity contribution in [3.05, 3.63) is 77.1 Å². The lowest BCUT2D eigenvalue weighted by Gasteiger charge is -2.09. The van der Waals surface area contributed by atoms with Gasteiger partial charge in [0.15, 0.2) is 0 Å². The zero-order valence-electron chi connectivity index (χ0n) is 11.5. The van der Waals surface area contributed by atoms with Crippen LogP contribution in [0.25, 0.3) is 32.8 Å². The summed E-state index contributed by atoms with van der Waals surface area (Å²) in [5.74, 6) is -0.284. The average molecular weight is 290 g/mol. The van der Waals surface area contributed by atoms with Gasteiger partial charge >= 0.3 is 0 Å². The third kappa shape index (κ3) is 1.89. The van der Waals surface area contributed by atoms with E-state index in [2.05, 4.69) is 9.97 Å². The van der Waals surface area contributed by atoms with Crippen LogP contribution >= 0.6 is 0 Å². The van der Waals surface area contributed by atoms with E-state index < -0.39 is 0 Å². The number of aromatic nitrogens is 2. The maximum atomic E-state index is 13.2. The van der Waals surface area contributed by atoms with Crippen LogP contribution in [0.4, 0.5) is 4.39 Å².